The Labute approximate surface area is 252 Å². The van der Waals surface area contributed by atoms with Crippen LogP contribution in [0.5, 0.6) is 5.75 Å². The number of carboxylic acids is 1. The van der Waals surface area contributed by atoms with Crippen molar-refractivity contribution in [3.05, 3.63) is 95.3 Å². The second-order valence-electron chi connectivity index (χ2n) is 11.3. The van der Waals surface area contributed by atoms with Crippen LogP contribution < -0.4 is 4.74 Å². The van der Waals surface area contributed by atoms with Crippen molar-refractivity contribution >= 4 is 11.9 Å². The summed E-state index contributed by atoms with van der Waals surface area (Å²) in [6.07, 6.45) is 0.834. The summed E-state index contributed by atoms with van der Waals surface area (Å²) < 4.78 is 47.9. The largest absolute Gasteiger partial charge is 0.488 e. The van der Waals surface area contributed by atoms with Crippen LogP contribution in [0.25, 0.3) is 17.1 Å². The molecule has 4 aromatic rings. The summed E-state index contributed by atoms with van der Waals surface area (Å²) in [5, 5.41) is 12.9. The summed E-state index contributed by atoms with van der Waals surface area (Å²) in [5.74, 6) is -0.440. The minimum absolute atomic E-state index is 0.175. The van der Waals surface area contributed by atoms with E-state index in [-0.39, 0.29) is 18.3 Å². The van der Waals surface area contributed by atoms with E-state index >= 15 is 0 Å². The summed E-state index contributed by atoms with van der Waals surface area (Å²) >= 11 is 0. The normalized spacial score (nSPS) is 16.0. The maximum absolute atomic E-state index is 13.8. The molecule has 1 N–H and O–H groups in total. The smallest absolute Gasteiger partial charge is 0.434 e. The Morgan fingerprint density at radius 2 is 1.66 bits per heavy atom. The van der Waals surface area contributed by atoms with Crippen LogP contribution in [0.4, 0.5) is 13.2 Å². The van der Waals surface area contributed by atoms with E-state index in [4.69, 9.17) is 4.74 Å². The molecule has 11 heteroatoms. The summed E-state index contributed by atoms with van der Waals surface area (Å²) in [4.78, 5) is 30.4. The first-order valence-corrected chi connectivity index (χ1v) is 14.6. The number of hydrogen-bond acceptors (Lipinski definition) is 5. The number of carbonyl (C=O) groups excluding carboxylic acids is 1. The zero-order chi connectivity index (χ0) is 30.8. The van der Waals surface area contributed by atoms with Gasteiger partial charge >= 0.3 is 12.1 Å². The van der Waals surface area contributed by atoms with Gasteiger partial charge in [-0.3, -0.25) is 4.79 Å². The van der Waals surface area contributed by atoms with Crippen molar-refractivity contribution in [2.75, 3.05) is 13.1 Å². The summed E-state index contributed by atoms with van der Waals surface area (Å²) in [5.41, 5.74) is 0.743. The van der Waals surface area contributed by atoms with Gasteiger partial charge in [0.1, 0.15) is 17.9 Å². The van der Waals surface area contributed by atoms with Crippen LogP contribution in [0.15, 0.2) is 72.9 Å². The maximum atomic E-state index is 13.8. The molecule has 3 heterocycles. The van der Waals surface area contributed by atoms with Gasteiger partial charge in [-0.15, -0.1) is 0 Å². The zero-order valence-corrected chi connectivity index (χ0v) is 23.8. The fourth-order valence-electron chi connectivity index (χ4n) is 5.84. The molecule has 2 aromatic carbocycles. The number of amides is 1. The van der Waals surface area contributed by atoms with E-state index in [1.54, 1.807) is 30.3 Å². The molecule has 2 fully saturated rings. The van der Waals surface area contributed by atoms with E-state index < -0.39 is 23.4 Å². The Bertz CT molecular complexity index is 1660. The SMILES string of the molecule is O=C(O)c1cnn(-c2cccc(-c3ccccc3OCc3ccc(C4CCN(C(=O)C5CCC5)CC4)cc3)n2)c1C(F)(F)F. The molecule has 228 valence electrons. The Morgan fingerprint density at radius 1 is 0.932 bits per heavy atom. The Morgan fingerprint density at radius 3 is 2.32 bits per heavy atom. The number of halogens is 3. The van der Waals surface area contributed by atoms with Crippen LogP contribution in [0.2, 0.25) is 0 Å². The second-order valence-corrected chi connectivity index (χ2v) is 11.3. The molecule has 2 aromatic heterocycles. The number of benzene rings is 2. The monoisotopic (exact) mass is 604 g/mol. The van der Waals surface area contributed by atoms with Gasteiger partial charge in [0.05, 0.1) is 11.9 Å². The fraction of sp³-hybridized carbons (Fsp3) is 0.333. The average Bonchev–Trinajstić information content (AvgIpc) is 3.47. The van der Waals surface area contributed by atoms with Crippen LogP contribution >= 0.6 is 0 Å². The molecule has 0 unspecified atom stereocenters. The molecule has 1 saturated carbocycles. The summed E-state index contributed by atoms with van der Waals surface area (Å²) in [6, 6.07) is 19.8. The molecular formula is C33H31F3N4O4. The number of aromatic nitrogens is 3. The molecule has 0 radical (unpaired) electrons. The van der Waals surface area contributed by atoms with Crippen LogP contribution in [0.3, 0.4) is 0 Å². The topological polar surface area (TPSA) is 97.5 Å². The molecule has 2 aliphatic rings. The summed E-state index contributed by atoms with van der Waals surface area (Å²) in [7, 11) is 0. The second kappa shape index (κ2) is 12.1. The number of para-hydroxylation sites is 1. The van der Waals surface area contributed by atoms with E-state index in [1.165, 1.54) is 17.7 Å². The van der Waals surface area contributed by atoms with Crippen LogP contribution in [-0.4, -0.2) is 49.7 Å². The lowest BCUT2D eigenvalue weighted by Gasteiger charge is -2.36. The highest BCUT2D eigenvalue weighted by molar-refractivity contribution is 5.89. The highest BCUT2D eigenvalue weighted by Crippen LogP contribution is 2.36. The minimum Gasteiger partial charge on any atom is -0.488 e. The van der Waals surface area contributed by atoms with E-state index in [0.29, 0.717) is 39.7 Å². The van der Waals surface area contributed by atoms with Gasteiger partial charge in [0.15, 0.2) is 11.5 Å². The number of carbonyl (C=O) groups is 2. The van der Waals surface area contributed by atoms with Crippen molar-refractivity contribution < 1.29 is 32.6 Å². The van der Waals surface area contributed by atoms with Gasteiger partial charge in [-0.05, 0) is 67.0 Å². The minimum atomic E-state index is -4.95. The van der Waals surface area contributed by atoms with E-state index in [1.807, 2.05) is 17.0 Å². The lowest BCUT2D eigenvalue weighted by Crippen LogP contribution is -2.43. The third-order valence-electron chi connectivity index (χ3n) is 8.49. The predicted octanol–water partition coefficient (Wildman–Crippen LogP) is 6.74. The van der Waals surface area contributed by atoms with Gasteiger partial charge in [0.2, 0.25) is 5.91 Å². The van der Waals surface area contributed by atoms with Crippen LogP contribution in [0.1, 0.15) is 65.2 Å². The molecule has 1 amide bonds. The number of likely N-dealkylation sites (tertiary alicyclic amines) is 1. The van der Waals surface area contributed by atoms with Crippen molar-refractivity contribution in [2.45, 2.75) is 50.8 Å². The molecule has 6 rings (SSSR count). The van der Waals surface area contributed by atoms with Gasteiger partial charge in [0, 0.05) is 24.6 Å². The van der Waals surface area contributed by atoms with E-state index in [2.05, 4.69) is 22.2 Å². The fourth-order valence-corrected chi connectivity index (χ4v) is 5.84. The standard InChI is InChI=1S/C33H31F3N4O4/c34-33(35,36)30-26(32(42)43)19-37-40(30)29-10-4-8-27(38-29)25-7-1-2-9-28(25)44-20-21-11-13-22(14-12-21)23-15-17-39(18-16-23)31(41)24-5-3-6-24/h1-2,4,7-14,19,23-24H,3,5-6,15-18,20H2,(H,42,43). The molecule has 1 aliphatic heterocycles. The third kappa shape index (κ3) is 6.04. The van der Waals surface area contributed by atoms with Crippen LogP contribution in [0, 0.1) is 5.92 Å². The van der Waals surface area contributed by atoms with Crippen molar-refractivity contribution in [3.8, 4) is 22.8 Å². The molecule has 44 heavy (non-hydrogen) atoms. The molecule has 1 saturated heterocycles. The first-order chi connectivity index (χ1) is 21.2. The first-order valence-electron chi connectivity index (χ1n) is 14.6. The molecule has 1 aliphatic carbocycles. The average molecular weight is 605 g/mol. The predicted molar refractivity (Wildman–Crippen MR) is 155 cm³/mol. The molecule has 8 nitrogen and oxygen atoms in total. The number of nitrogens with zero attached hydrogens (tertiary/aromatic N) is 4. The quantitative estimate of drug-likeness (QED) is 0.239. The number of rotatable bonds is 8. The maximum Gasteiger partial charge on any atom is 0.434 e. The summed E-state index contributed by atoms with van der Waals surface area (Å²) in [6.45, 7) is 1.87. The third-order valence-corrected chi connectivity index (χ3v) is 8.49. The number of carboxylic acid groups (broad SMARTS) is 1. The number of ether oxygens (including phenoxy) is 1. The van der Waals surface area contributed by atoms with Crippen molar-refractivity contribution in [1.29, 1.82) is 0 Å². The Balaban J connectivity index is 1.14. The zero-order valence-electron chi connectivity index (χ0n) is 23.8. The molecular weight excluding hydrogens is 573 g/mol. The highest BCUT2D eigenvalue weighted by atomic mass is 19.4. The number of hydrogen-bond donors (Lipinski definition) is 1. The van der Waals surface area contributed by atoms with Gasteiger partial charge in [0.25, 0.3) is 0 Å². The van der Waals surface area contributed by atoms with E-state index in [9.17, 15) is 27.9 Å². The van der Waals surface area contributed by atoms with Gasteiger partial charge in [-0.1, -0.05) is 48.9 Å². The first kappa shape index (κ1) is 29.4. The number of pyridine rings is 1. The van der Waals surface area contributed by atoms with E-state index in [0.717, 1.165) is 50.8 Å². The van der Waals surface area contributed by atoms with Crippen molar-refractivity contribution in [1.82, 2.24) is 19.7 Å². The van der Waals surface area contributed by atoms with Crippen molar-refractivity contribution in [3.63, 3.8) is 0 Å². The number of piperidine rings is 1. The Kier molecular flexibility index (Phi) is 8.11. The number of alkyl halides is 3. The van der Waals surface area contributed by atoms with Gasteiger partial charge in [-0.25, -0.2) is 14.5 Å². The molecule has 0 spiro atoms. The van der Waals surface area contributed by atoms with Gasteiger partial charge in [-0.2, -0.15) is 18.3 Å². The lowest BCUT2D eigenvalue weighted by molar-refractivity contribution is -0.143. The van der Waals surface area contributed by atoms with Gasteiger partial charge < -0.3 is 14.7 Å². The Hall–Kier alpha value is -4.67. The van der Waals surface area contributed by atoms with Crippen molar-refractivity contribution in [2.24, 2.45) is 5.92 Å². The van der Waals surface area contributed by atoms with Crippen LogP contribution in [-0.2, 0) is 17.6 Å². The molecule has 0 bridgehead atoms. The molecule has 0 atom stereocenters. The highest BCUT2D eigenvalue weighted by Gasteiger charge is 2.41. The number of aromatic carboxylic acids is 1. The lowest BCUT2D eigenvalue weighted by atomic mass is 9.83.